The number of rotatable bonds is 6. The molecule has 1 amide bonds. The van der Waals surface area contributed by atoms with Crippen LogP contribution in [-0.2, 0) is 11.3 Å². The summed E-state index contributed by atoms with van der Waals surface area (Å²) in [4.78, 5) is 13.8. The Labute approximate surface area is 140 Å². The van der Waals surface area contributed by atoms with Gasteiger partial charge in [-0.2, -0.15) is 0 Å². The molecule has 1 saturated carbocycles. The topological polar surface area (TPSA) is 32.3 Å². The van der Waals surface area contributed by atoms with Gasteiger partial charge in [-0.3, -0.25) is 9.69 Å². The molecule has 5 heteroatoms. The highest BCUT2D eigenvalue weighted by molar-refractivity contribution is 9.10. The van der Waals surface area contributed by atoms with Crippen LogP contribution in [0.4, 0.5) is 4.39 Å². The molecule has 1 aromatic carbocycles. The molecular weight excluding hydrogens is 347 g/mol. The average Bonchev–Trinajstić information content (AvgIpc) is 2.50. The molecule has 0 unspecified atom stereocenters. The molecule has 0 radical (unpaired) electrons. The van der Waals surface area contributed by atoms with E-state index in [0.29, 0.717) is 24.6 Å². The lowest BCUT2D eigenvalue weighted by atomic mass is 9.89. The predicted molar refractivity (Wildman–Crippen MR) is 90.0 cm³/mol. The van der Waals surface area contributed by atoms with Gasteiger partial charge in [0, 0.05) is 23.1 Å². The van der Waals surface area contributed by atoms with E-state index >= 15 is 0 Å². The first-order chi connectivity index (χ1) is 10.5. The molecule has 1 aliphatic carbocycles. The fourth-order valence-corrected chi connectivity index (χ4v) is 3.37. The summed E-state index contributed by atoms with van der Waals surface area (Å²) in [6, 6.07) is 4.87. The van der Waals surface area contributed by atoms with Crippen molar-refractivity contribution < 1.29 is 9.18 Å². The molecule has 0 saturated heterocycles. The van der Waals surface area contributed by atoms with E-state index in [4.69, 9.17) is 0 Å². The van der Waals surface area contributed by atoms with E-state index in [1.165, 1.54) is 38.2 Å². The molecule has 0 bridgehead atoms. The lowest BCUT2D eigenvalue weighted by molar-refractivity contribution is -0.122. The number of hydrogen-bond acceptors (Lipinski definition) is 2. The van der Waals surface area contributed by atoms with Crippen molar-refractivity contribution >= 4 is 21.8 Å². The Morgan fingerprint density at radius 3 is 2.82 bits per heavy atom. The first-order valence-corrected chi connectivity index (χ1v) is 8.73. The van der Waals surface area contributed by atoms with E-state index in [1.54, 1.807) is 12.1 Å². The molecule has 0 heterocycles. The summed E-state index contributed by atoms with van der Waals surface area (Å²) in [6.07, 6.45) is 6.33. The van der Waals surface area contributed by atoms with Crippen LogP contribution < -0.4 is 5.32 Å². The number of nitrogens with one attached hydrogen (secondary N) is 1. The Morgan fingerprint density at radius 1 is 1.36 bits per heavy atom. The third kappa shape index (κ3) is 5.69. The molecule has 2 rings (SSSR count). The van der Waals surface area contributed by atoms with Crippen molar-refractivity contribution in [2.24, 2.45) is 5.92 Å². The van der Waals surface area contributed by atoms with Gasteiger partial charge in [0.15, 0.2) is 0 Å². The first kappa shape index (κ1) is 17.4. The van der Waals surface area contributed by atoms with Gasteiger partial charge in [0.2, 0.25) is 5.91 Å². The molecule has 1 aliphatic rings. The highest BCUT2D eigenvalue weighted by atomic mass is 79.9. The smallest absolute Gasteiger partial charge is 0.234 e. The van der Waals surface area contributed by atoms with Crippen molar-refractivity contribution in [3.8, 4) is 0 Å². The van der Waals surface area contributed by atoms with Crippen LogP contribution in [0.3, 0.4) is 0 Å². The van der Waals surface area contributed by atoms with Crippen molar-refractivity contribution in [2.45, 2.75) is 38.6 Å². The maximum absolute atomic E-state index is 13.7. The Kier molecular flexibility index (Phi) is 6.83. The standard InChI is InChI=1S/C17H24BrFN2O/c1-21(11-14-9-15(18)7-8-16(14)19)12-17(22)20-10-13-5-3-2-4-6-13/h7-9,13H,2-6,10-12H2,1H3,(H,20,22). The van der Waals surface area contributed by atoms with Crippen LogP contribution in [0, 0.1) is 11.7 Å². The summed E-state index contributed by atoms with van der Waals surface area (Å²) < 4.78 is 14.6. The van der Waals surface area contributed by atoms with Crippen molar-refractivity contribution in [1.82, 2.24) is 10.2 Å². The first-order valence-electron chi connectivity index (χ1n) is 7.94. The van der Waals surface area contributed by atoms with Gasteiger partial charge in [0.25, 0.3) is 0 Å². The molecule has 0 aliphatic heterocycles. The quantitative estimate of drug-likeness (QED) is 0.827. The summed E-state index contributed by atoms with van der Waals surface area (Å²) in [7, 11) is 1.83. The average molecular weight is 371 g/mol. The third-order valence-electron chi connectivity index (χ3n) is 4.17. The van der Waals surface area contributed by atoms with Crippen LogP contribution in [0.2, 0.25) is 0 Å². The molecular formula is C17H24BrFN2O. The van der Waals surface area contributed by atoms with Crippen molar-refractivity contribution in [3.05, 3.63) is 34.1 Å². The van der Waals surface area contributed by atoms with E-state index in [1.807, 2.05) is 11.9 Å². The number of carbonyl (C=O) groups is 1. The van der Waals surface area contributed by atoms with Crippen LogP contribution in [0.15, 0.2) is 22.7 Å². The van der Waals surface area contributed by atoms with E-state index < -0.39 is 0 Å². The number of benzene rings is 1. The van der Waals surface area contributed by atoms with Gasteiger partial charge < -0.3 is 5.32 Å². The zero-order valence-corrected chi connectivity index (χ0v) is 14.7. The minimum Gasteiger partial charge on any atom is -0.355 e. The molecule has 0 spiro atoms. The number of amides is 1. The van der Waals surface area contributed by atoms with Crippen molar-refractivity contribution in [1.29, 1.82) is 0 Å². The van der Waals surface area contributed by atoms with E-state index in [9.17, 15) is 9.18 Å². The highest BCUT2D eigenvalue weighted by Crippen LogP contribution is 2.22. The fraction of sp³-hybridized carbons (Fsp3) is 0.588. The van der Waals surface area contributed by atoms with E-state index in [0.717, 1.165) is 11.0 Å². The second-order valence-electron chi connectivity index (χ2n) is 6.22. The van der Waals surface area contributed by atoms with Gasteiger partial charge in [-0.1, -0.05) is 35.2 Å². The third-order valence-corrected chi connectivity index (χ3v) is 4.67. The maximum atomic E-state index is 13.7. The Hall–Kier alpha value is -0.940. The minimum atomic E-state index is -0.238. The predicted octanol–water partition coefficient (Wildman–Crippen LogP) is 3.72. The number of nitrogens with zero attached hydrogens (tertiary/aromatic N) is 1. The fourth-order valence-electron chi connectivity index (χ4n) is 2.96. The van der Waals surface area contributed by atoms with Crippen LogP contribution in [0.1, 0.15) is 37.7 Å². The normalized spacial score (nSPS) is 16.0. The molecule has 122 valence electrons. The maximum Gasteiger partial charge on any atom is 0.234 e. The van der Waals surface area contributed by atoms with Crippen LogP contribution in [-0.4, -0.2) is 30.9 Å². The van der Waals surface area contributed by atoms with Gasteiger partial charge in [-0.25, -0.2) is 4.39 Å². The lowest BCUT2D eigenvalue weighted by Gasteiger charge is -2.22. The molecule has 0 aromatic heterocycles. The molecule has 1 aromatic rings. The minimum absolute atomic E-state index is 0.0171. The second kappa shape index (κ2) is 8.63. The molecule has 0 atom stereocenters. The summed E-state index contributed by atoms with van der Waals surface area (Å²) in [5.41, 5.74) is 0.594. The zero-order chi connectivity index (χ0) is 15.9. The summed E-state index contributed by atoms with van der Waals surface area (Å²) in [6.45, 7) is 1.48. The molecule has 3 nitrogen and oxygen atoms in total. The summed E-state index contributed by atoms with van der Waals surface area (Å²) >= 11 is 3.34. The van der Waals surface area contributed by atoms with Crippen LogP contribution in [0.25, 0.3) is 0 Å². The van der Waals surface area contributed by atoms with Gasteiger partial charge in [0.05, 0.1) is 6.54 Å². The van der Waals surface area contributed by atoms with Gasteiger partial charge >= 0.3 is 0 Å². The number of likely N-dealkylation sites (N-methyl/N-ethyl adjacent to an activating group) is 1. The van der Waals surface area contributed by atoms with E-state index in [-0.39, 0.29) is 11.7 Å². The lowest BCUT2D eigenvalue weighted by Crippen LogP contribution is -2.37. The summed E-state index contributed by atoms with van der Waals surface area (Å²) in [5.74, 6) is 0.409. The zero-order valence-electron chi connectivity index (χ0n) is 13.1. The molecule has 22 heavy (non-hydrogen) atoms. The number of hydrogen-bond donors (Lipinski definition) is 1. The molecule has 1 N–H and O–H groups in total. The Balaban J connectivity index is 1.74. The van der Waals surface area contributed by atoms with Gasteiger partial charge in [-0.15, -0.1) is 0 Å². The molecule has 1 fully saturated rings. The van der Waals surface area contributed by atoms with Gasteiger partial charge in [0.1, 0.15) is 5.82 Å². The van der Waals surface area contributed by atoms with Crippen LogP contribution in [0.5, 0.6) is 0 Å². The van der Waals surface area contributed by atoms with E-state index in [2.05, 4.69) is 21.2 Å². The second-order valence-corrected chi connectivity index (χ2v) is 7.13. The van der Waals surface area contributed by atoms with Crippen molar-refractivity contribution in [2.75, 3.05) is 20.1 Å². The Bertz CT molecular complexity index is 503. The monoisotopic (exact) mass is 370 g/mol. The van der Waals surface area contributed by atoms with Gasteiger partial charge in [-0.05, 0) is 44.0 Å². The largest absolute Gasteiger partial charge is 0.355 e. The van der Waals surface area contributed by atoms with Crippen molar-refractivity contribution in [3.63, 3.8) is 0 Å². The summed E-state index contributed by atoms with van der Waals surface area (Å²) in [5, 5.41) is 3.01. The van der Waals surface area contributed by atoms with Crippen LogP contribution >= 0.6 is 15.9 Å². The Morgan fingerprint density at radius 2 is 2.09 bits per heavy atom. The highest BCUT2D eigenvalue weighted by Gasteiger charge is 2.15. The number of halogens is 2. The SMILES string of the molecule is CN(CC(=O)NCC1CCCCC1)Cc1cc(Br)ccc1F. The number of carbonyl (C=O) groups excluding carboxylic acids is 1.